The molecule has 0 amide bonds. The number of unbranched alkanes of at least 4 members (excludes halogenated alkanes) is 1. The van der Waals surface area contributed by atoms with Crippen molar-refractivity contribution in [3.63, 3.8) is 0 Å². The van der Waals surface area contributed by atoms with Crippen LogP contribution in [0.15, 0.2) is 23.4 Å². The Kier molecular flexibility index (Phi) is 6.41. The molecule has 0 spiro atoms. The fourth-order valence-corrected chi connectivity index (χ4v) is 2.98. The number of pyridine rings is 1. The normalized spacial score (nSPS) is 13.4. The monoisotopic (exact) mass is 285 g/mol. The third-order valence-electron chi connectivity index (χ3n) is 2.80. The lowest BCUT2D eigenvalue weighted by atomic mass is 10.2. The van der Waals surface area contributed by atoms with Crippen LogP contribution in [0.3, 0.4) is 0 Å². The maximum absolute atomic E-state index is 12.1. The van der Waals surface area contributed by atoms with E-state index >= 15 is 0 Å². The topological polar surface area (TPSA) is 71.1 Å². The Morgan fingerprint density at radius 3 is 2.63 bits per heavy atom. The van der Waals surface area contributed by atoms with Gasteiger partial charge in [-0.25, -0.2) is 18.1 Å². The van der Waals surface area contributed by atoms with E-state index in [1.807, 2.05) is 14.0 Å². The van der Waals surface area contributed by atoms with E-state index in [-0.39, 0.29) is 11.1 Å². The van der Waals surface area contributed by atoms with Gasteiger partial charge in [-0.3, -0.25) is 0 Å². The van der Waals surface area contributed by atoms with Crippen LogP contribution in [0.5, 0.6) is 0 Å². The Labute approximate surface area is 115 Å². The fourth-order valence-electron chi connectivity index (χ4n) is 1.77. The molecule has 1 heterocycles. The lowest BCUT2D eigenvalue weighted by Crippen LogP contribution is -2.33. The molecule has 5 nitrogen and oxygen atoms in total. The quantitative estimate of drug-likeness (QED) is 0.762. The second-order valence-electron chi connectivity index (χ2n) is 4.70. The highest BCUT2D eigenvalue weighted by atomic mass is 32.2. The maximum Gasteiger partial charge on any atom is 0.258 e. The molecular weight excluding hydrogens is 262 g/mol. The summed E-state index contributed by atoms with van der Waals surface area (Å²) >= 11 is 0. The highest BCUT2D eigenvalue weighted by Gasteiger charge is 2.18. The number of nitrogens with one attached hydrogen (secondary N) is 2. The summed E-state index contributed by atoms with van der Waals surface area (Å²) in [5, 5.41) is 3.07. The van der Waals surface area contributed by atoms with E-state index in [9.17, 15) is 8.42 Å². The molecule has 1 rings (SSSR count). The van der Waals surface area contributed by atoms with Gasteiger partial charge in [0.1, 0.15) is 0 Å². The summed E-state index contributed by atoms with van der Waals surface area (Å²) in [4.78, 5) is 4.01. The zero-order valence-corrected chi connectivity index (χ0v) is 12.6. The second-order valence-corrected chi connectivity index (χ2v) is 6.36. The minimum Gasteiger partial charge on any atom is -0.316 e. The first-order chi connectivity index (χ1) is 8.99. The number of rotatable bonds is 8. The average molecular weight is 285 g/mol. The summed E-state index contributed by atoms with van der Waals surface area (Å²) in [6.07, 6.45) is 4.50. The number of sulfonamides is 1. The van der Waals surface area contributed by atoms with Gasteiger partial charge in [0.25, 0.3) is 10.0 Å². The largest absolute Gasteiger partial charge is 0.316 e. The van der Waals surface area contributed by atoms with Crippen molar-refractivity contribution in [2.45, 2.75) is 50.7 Å². The molecule has 0 bridgehead atoms. The van der Waals surface area contributed by atoms with Crippen LogP contribution in [-0.2, 0) is 16.6 Å². The summed E-state index contributed by atoms with van der Waals surface area (Å²) < 4.78 is 26.8. The molecule has 1 unspecified atom stereocenters. The van der Waals surface area contributed by atoms with Gasteiger partial charge in [0.2, 0.25) is 0 Å². The predicted molar refractivity (Wildman–Crippen MR) is 76.3 cm³/mol. The third-order valence-corrected chi connectivity index (χ3v) is 4.31. The van der Waals surface area contributed by atoms with Gasteiger partial charge in [-0.2, -0.15) is 0 Å². The second kappa shape index (κ2) is 7.57. The molecule has 0 saturated carbocycles. The van der Waals surface area contributed by atoms with Gasteiger partial charge in [0.15, 0.2) is 5.03 Å². The first-order valence-corrected chi connectivity index (χ1v) is 8.09. The Hall–Kier alpha value is -0.980. The highest BCUT2D eigenvalue weighted by Crippen LogP contribution is 2.09. The molecule has 1 atom stereocenters. The molecule has 0 radical (unpaired) electrons. The van der Waals surface area contributed by atoms with Crippen LogP contribution in [0.25, 0.3) is 0 Å². The lowest BCUT2D eigenvalue weighted by Gasteiger charge is -2.13. The van der Waals surface area contributed by atoms with Gasteiger partial charge in [0.05, 0.1) is 0 Å². The summed E-state index contributed by atoms with van der Waals surface area (Å²) in [7, 11) is -1.67. The standard InChI is InChI=1S/C13H23N3O2S/c1-4-5-6-11(2)16-19(17,18)13-8-7-12(9-14-3)10-15-13/h7-8,10-11,14,16H,4-6,9H2,1-3H3. The van der Waals surface area contributed by atoms with Gasteiger partial charge in [-0.1, -0.05) is 25.8 Å². The number of aromatic nitrogens is 1. The van der Waals surface area contributed by atoms with Crippen LogP contribution >= 0.6 is 0 Å². The van der Waals surface area contributed by atoms with Gasteiger partial charge >= 0.3 is 0 Å². The Morgan fingerprint density at radius 1 is 1.37 bits per heavy atom. The van der Waals surface area contributed by atoms with E-state index in [1.54, 1.807) is 18.3 Å². The van der Waals surface area contributed by atoms with Crippen molar-refractivity contribution in [2.75, 3.05) is 7.05 Å². The van der Waals surface area contributed by atoms with E-state index in [0.29, 0.717) is 6.54 Å². The maximum atomic E-state index is 12.1. The van der Waals surface area contributed by atoms with Crippen LogP contribution in [-0.4, -0.2) is 26.5 Å². The molecule has 0 saturated heterocycles. The molecule has 0 aliphatic carbocycles. The first-order valence-electron chi connectivity index (χ1n) is 6.61. The summed E-state index contributed by atoms with van der Waals surface area (Å²) in [6.45, 7) is 4.64. The van der Waals surface area contributed by atoms with E-state index in [4.69, 9.17) is 0 Å². The molecule has 6 heteroatoms. The molecule has 2 N–H and O–H groups in total. The van der Waals surface area contributed by atoms with Crippen molar-refractivity contribution in [1.82, 2.24) is 15.0 Å². The van der Waals surface area contributed by atoms with Crippen LogP contribution in [0, 0.1) is 0 Å². The SMILES string of the molecule is CCCCC(C)NS(=O)(=O)c1ccc(CNC)cn1. The molecule has 19 heavy (non-hydrogen) atoms. The Morgan fingerprint density at radius 2 is 2.11 bits per heavy atom. The first kappa shape index (κ1) is 16.1. The molecule has 0 aromatic carbocycles. The van der Waals surface area contributed by atoms with Crippen molar-refractivity contribution in [3.8, 4) is 0 Å². The number of nitrogens with zero attached hydrogens (tertiary/aromatic N) is 1. The van der Waals surface area contributed by atoms with Crippen LogP contribution in [0.4, 0.5) is 0 Å². The average Bonchev–Trinajstić information content (AvgIpc) is 2.37. The molecule has 108 valence electrons. The van der Waals surface area contributed by atoms with Gasteiger partial charge in [0, 0.05) is 18.8 Å². The zero-order valence-electron chi connectivity index (χ0n) is 11.8. The zero-order chi connectivity index (χ0) is 14.3. The number of hydrogen-bond donors (Lipinski definition) is 2. The minimum atomic E-state index is -3.50. The van der Waals surface area contributed by atoms with Gasteiger partial charge in [-0.15, -0.1) is 0 Å². The van der Waals surface area contributed by atoms with Crippen LogP contribution in [0.2, 0.25) is 0 Å². The molecule has 0 fully saturated rings. The third kappa shape index (κ3) is 5.26. The van der Waals surface area contributed by atoms with Crippen LogP contribution in [0.1, 0.15) is 38.7 Å². The highest BCUT2D eigenvalue weighted by molar-refractivity contribution is 7.89. The lowest BCUT2D eigenvalue weighted by molar-refractivity contribution is 0.531. The molecular formula is C13H23N3O2S. The summed E-state index contributed by atoms with van der Waals surface area (Å²) in [5.74, 6) is 0. The summed E-state index contributed by atoms with van der Waals surface area (Å²) in [5.41, 5.74) is 0.959. The number of hydrogen-bond acceptors (Lipinski definition) is 4. The van der Waals surface area contributed by atoms with E-state index < -0.39 is 10.0 Å². The van der Waals surface area contributed by atoms with E-state index in [2.05, 4.69) is 21.9 Å². The van der Waals surface area contributed by atoms with Crippen molar-refractivity contribution in [2.24, 2.45) is 0 Å². The van der Waals surface area contributed by atoms with Crippen molar-refractivity contribution >= 4 is 10.0 Å². The van der Waals surface area contributed by atoms with Gasteiger partial charge in [-0.05, 0) is 32.0 Å². The Bertz CT molecular complexity index is 471. The minimum absolute atomic E-state index is 0.0660. The fraction of sp³-hybridized carbons (Fsp3) is 0.615. The van der Waals surface area contributed by atoms with Gasteiger partial charge < -0.3 is 5.32 Å². The predicted octanol–water partition coefficient (Wildman–Crippen LogP) is 1.66. The van der Waals surface area contributed by atoms with Crippen LogP contribution < -0.4 is 10.0 Å². The Balaban J connectivity index is 2.71. The molecule has 1 aromatic heterocycles. The van der Waals surface area contributed by atoms with Crippen molar-refractivity contribution < 1.29 is 8.42 Å². The van der Waals surface area contributed by atoms with Crippen molar-refractivity contribution in [3.05, 3.63) is 23.9 Å². The molecule has 0 aliphatic rings. The summed E-state index contributed by atoms with van der Waals surface area (Å²) in [6, 6.07) is 3.25. The van der Waals surface area contributed by atoms with E-state index in [1.165, 1.54) is 0 Å². The smallest absolute Gasteiger partial charge is 0.258 e. The molecule has 1 aromatic rings. The van der Waals surface area contributed by atoms with E-state index in [0.717, 1.165) is 24.8 Å². The molecule has 0 aliphatic heterocycles. The van der Waals surface area contributed by atoms with Crippen molar-refractivity contribution in [1.29, 1.82) is 0 Å².